The summed E-state index contributed by atoms with van der Waals surface area (Å²) in [5.41, 5.74) is 3.44. The predicted octanol–water partition coefficient (Wildman–Crippen LogP) is 4.43. The number of halogens is 2. The van der Waals surface area contributed by atoms with Crippen molar-refractivity contribution in [1.82, 2.24) is 9.88 Å². The first-order valence-corrected chi connectivity index (χ1v) is 10.6. The van der Waals surface area contributed by atoms with Crippen LogP contribution in [0.1, 0.15) is 35.7 Å². The van der Waals surface area contributed by atoms with Gasteiger partial charge in [0.05, 0.1) is 17.9 Å². The summed E-state index contributed by atoms with van der Waals surface area (Å²) in [5.74, 6) is -1.58. The van der Waals surface area contributed by atoms with Gasteiger partial charge in [0.15, 0.2) is 0 Å². The molecule has 0 saturated carbocycles. The van der Waals surface area contributed by atoms with Crippen molar-refractivity contribution >= 4 is 23.9 Å². The number of carbonyl (C=O) groups is 1. The molecule has 1 aromatic carbocycles. The Kier molecular flexibility index (Phi) is 8.06. The highest BCUT2D eigenvalue weighted by molar-refractivity contribution is 5.93. The van der Waals surface area contributed by atoms with Crippen LogP contribution in [0.25, 0.3) is 11.3 Å². The van der Waals surface area contributed by atoms with E-state index in [-0.39, 0.29) is 30.4 Å². The lowest BCUT2D eigenvalue weighted by Gasteiger charge is -2.27. The molecule has 33 heavy (non-hydrogen) atoms. The topological polar surface area (TPSA) is 64.0 Å². The van der Waals surface area contributed by atoms with E-state index in [2.05, 4.69) is 23.3 Å². The predicted molar refractivity (Wildman–Crippen MR) is 124 cm³/mol. The van der Waals surface area contributed by atoms with Crippen LogP contribution in [0.5, 0.6) is 5.75 Å². The van der Waals surface area contributed by atoms with E-state index < -0.39 is 11.6 Å². The maximum absolute atomic E-state index is 15.0. The highest BCUT2D eigenvalue weighted by Gasteiger charge is 2.23. The summed E-state index contributed by atoms with van der Waals surface area (Å²) in [5, 5.41) is 0. The first kappa shape index (κ1) is 24.3. The third-order valence-electron chi connectivity index (χ3n) is 5.46. The summed E-state index contributed by atoms with van der Waals surface area (Å²) in [6.45, 7) is 10.4. The molecule has 0 spiro atoms. The van der Waals surface area contributed by atoms with Gasteiger partial charge < -0.3 is 14.4 Å². The molecule has 0 N–H and O–H groups in total. The number of amides is 1. The zero-order chi connectivity index (χ0) is 24.0. The quantitative estimate of drug-likeness (QED) is 0.319. The minimum atomic E-state index is -0.755. The number of aromatic nitrogens is 1. The summed E-state index contributed by atoms with van der Waals surface area (Å²) < 4.78 is 39.6. The largest absolute Gasteiger partial charge is 0.490 e. The van der Waals surface area contributed by atoms with Crippen molar-refractivity contribution in [3.8, 4) is 5.75 Å². The summed E-state index contributed by atoms with van der Waals surface area (Å²) in [4.78, 5) is 22.5. The second kappa shape index (κ2) is 11.0. The molecule has 1 aromatic heterocycles. The van der Waals surface area contributed by atoms with Crippen molar-refractivity contribution in [2.75, 3.05) is 26.9 Å². The molecule has 0 aliphatic carbocycles. The molecule has 0 saturated heterocycles. The second-order valence-electron chi connectivity index (χ2n) is 7.48. The number of methoxy groups -OCH3 is 1. The Hall–Kier alpha value is -3.39. The van der Waals surface area contributed by atoms with Gasteiger partial charge in [-0.3, -0.25) is 14.8 Å². The van der Waals surface area contributed by atoms with E-state index in [0.29, 0.717) is 42.8 Å². The molecule has 2 heterocycles. The van der Waals surface area contributed by atoms with Crippen molar-refractivity contribution in [3.05, 3.63) is 71.1 Å². The Morgan fingerprint density at radius 1 is 1.30 bits per heavy atom. The maximum Gasteiger partial charge on any atom is 0.246 e. The van der Waals surface area contributed by atoms with Crippen LogP contribution in [0, 0.1) is 11.6 Å². The Morgan fingerprint density at radius 2 is 2.09 bits per heavy atom. The van der Waals surface area contributed by atoms with Crippen molar-refractivity contribution in [3.63, 3.8) is 0 Å². The Labute approximate surface area is 192 Å². The van der Waals surface area contributed by atoms with Crippen LogP contribution >= 0.6 is 0 Å². The number of ether oxygens (including phenoxy) is 2. The Balaban J connectivity index is 2.10. The Bertz CT molecular complexity index is 1100. The van der Waals surface area contributed by atoms with Crippen molar-refractivity contribution in [2.24, 2.45) is 4.99 Å². The molecule has 1 aliphatic rings. The van der Waals surface area contributed by atoms with Gasteiger partial charge >= 0.3 is 0 Å². The van der Waals surface area contributed by atoms with Crippen molar-refractivity contribution in [2.45, 2.75) is 26.3 Å². The Morgan fingerprint density at radius 3 is 2.76 bits per heavy atom. The fourth-order valence-corrected chi connectivity index (χ4v) is 3.89. The molecular formula is C25H27F2N3O3. The van der Waals surface area contributed by atoms with E-state index in [9.17, 15) is 9.18 Å². The standard InChI is InChI=1S/C25H27F2N3O3/c1-5-19(24-20(27)12-18(26)13-22(24)33-10-9-32-4)25(28-3)16-11-17-15-30(23(31)6-2)8-7-21(17)29-14-16/h6,11-14H,2-3,5,7-10,15H2,1,4H3/b25-19+. The highest BCUT2D eigenvalue weighted by atomic mass is 19.1. The molecule has 1 aliphatic heterocycles. The molecule has 8 heteroatoms. The fourth-order valence-electron chi connectivity index (χ4n) is 3.89. The van der Waals surface area contributed by atoms with Gasteiger partial charge in [0, 0.05) is 56.2 Å². The van der Waals surface area contributed by atoms with Crippen LogP contribution in [0.3, 0.4) is 0 Å². The lowest BCUT2D eigenvalue weighted by molar-refractivity contribution is -0.126. The average molecular weight is 456 g/mol. The van der Waals surface area contributed by atoms with Gasteiger partial charge in [-0.2, -0.15) is 0 Å². The van der Waals surface area contributed by atoms with Gasteiger partial charge in [0.1, 0.15) is 24.0 Å². The number of nitrogens with zero attached hydrogens (tertiary/aromatic N) is 3. The van der Waals surface area contributed by atoms with Gasteiger partial charge in [0.25, 0.3) is 0 Å². The normalized spacial score (nSPS) is 13.8. The van der Waals surface area contributed by atoms with E-state index >= 15 is 4.39 Å². The number of aliphatic imine (C=N–C) groups is 1. The van der Waals surface area contributed by atoms with Crippen molar-refractivity contribution < 1.29 is 23.0 Å². The molecule has 6 nitrogen and oxygen atoms in total. The second-order valence-corrected chi connectivity index (χ2v) is 7.48. The number of fused-ring (bicyclic) bond motifs is 1. The van der Waals surface area contributed by atoms with Crippen LogP contribution < -0.4 is 4.74 Å². The zero-order valence-corrected chi connectivity index (χ0v) is 18.9. The lowest BCUT2D eigenvalue weighted by Crippen LogP contribution is -2.35. The number of hydrogen-bond acceptors (Lipinski definition) is 5. The molecule has 0 atom stereocenters. The van der Waals surface area contributed by atoms with Gasteiger partial charge in [-0.05, 0) is 36.4 Å². The molecule has 0 radical (unpaired) electrons. The number of allylic oxidation sites excluding steroid dienone is 1. The molecule has 3 rings (SSSR count). The summed E-state index contributed by atoms with van der Waals surface area (Å²) in [6.07, 6.45) is 3.96. The molecule has 0 fully saturated rings. The van der Waals surface area contributed by atoms with Crippen LogP contribution in [0.2, 0.25) is 0 Å². The molecule has 0 unspecified atom stereocenters. The van der Waals surface area contributed by atoms with Crippen LogP contribution in [-0.2, 0) is 22.5 Å². The molecule has 1 amide bonds. The number of benzene rings is 1. The minimum Gasteiger partial charge on any atom is -0.490 e. The van der Waals surface area contributed by atoms with Crippen LogP contribution in [0.15, 0.2) is 42.0 Å². The zero-order valence-electron chi connectivity index (χ0n) is 18.9. The third kappa shape index (κ3) is 5.34. The van der Waals surface area contributed by atoms with Gasteiger partial charge in [-0.15, -0.1) is 0 Å². The molecule has 0 bridgehead atoms. The summed E-state index contributed by atoms with van der Waals surface area (Å²) in [6, 6.07) is 3.85. The highest BCUT2D eigenvalue weighted by Crippen LogP contribution is 2.38. The van der Waals surface area contributed by atoms with E-state index in [4.69, 9.17) is 9.47 Å². The van der Waals surface area contributed by atoms with Crippen LogP contribution in [0.4, 0.5) is 8.78 Å². The van der Waals surface area contributed by atoms with Crippen molar-refractivity contribution in [1.29, 1.82) is 0 Å². The maximum atomic E-state index is 15.0. The van der Waals surface area contributed by atoms with E-state index in [1.54, 1.807) is 11.1 Å². The number of rotatable bonds is 9. The van der Waals surface area contributed by atoms with Crippen LogP contribution in [-0.4, -0.2) is 49.4 Å². The van der Waals surface area contributed by atoms with Gasteiger partial charge in [0.2, 0.25) is 5.91 Å². The molecule has 174 valence electrons. The smallest absolute Gasteiger partial charge is 0.246 e. The number of carbonyl (C=O) groups excluding carboxylic acids is 1. The van der Waals surface area contributed by atoms with Gasteiger partial charge in [-0.25, -0.2) is 8.78 Å². The molecular weight excluding hydrogens is 428 g/mol. The first-order chi connectivity index (χ1) is 15.9. The van der Waals surface area contributed by atoms with Gasteiger partial charge in [-0.1, -0.05) is 13.5 Å². The molecule has 2 aromatic rings. The van der Waals surface area contributed by atoms with E-state index in [0.717, 1.165) is 23.4 Å². The number of pyridine rings is 1. The first-order valence-electron chi connectivity index (χ1n) is 10.6. The van der Waals surface area contributed by atoms with E-state index in [1.165, 1.54) is 13.2 Å². The minimum absolute atomic E-state index is 0.0659. The summed E-state index contributed by atoms with van der Waals surface area (Å²) >= 11 is 0. The number of hydrogen-bond donors (Lipinski definition) is 0. The monoisotopic (exact) mass is 455 g/mol. The van der Waals surface area contributed by atoms with E-state index in [1.807, 2.05) is 13.0 Å². The fraction of sp³-hybridized carbons (Fsp3) is 0.320. The third-order valence-corrected chi connectivity index (χ3v) is 5.46. The summed E-state index contributed by atoms with van der Waals surface area (Å²) in [7, 11) is 1.51. The lowest BCUT2D eigenvalue weighted by atomic mass is 9.95. The average Bonchev–Trinajstić information content (AvgIpc) is 2.82. The SMILES string of the molecule is C=CC(=O)N1CCc2ncc(/C(N=C)=C(/CC)c3c(F)cc(F)cc3OCCOC)cc2C1.